The van der Waals surface area contributed by atoms with Crippen molar-refractivity contribution in [1.29, 1.82) is 0 Å². The number of likely N-dealkylation sites (N-methyl/N-ethyl adjacent to an activating group) is 1. The Morgan fingerprint density at radius 1 is 1.00 bits per heavy atom. The van der Waals surface area contributed by atoms with E-state index in [4.69, 9.17) is 0 Å². The van der Waals surface area contributed by atoms with E-state index in [9.17, 15) is 9.59 Å². The highest BCUT2D eigenvalue weighted by molar-refractivity contribution is 6.07. The first-order valence-electron chi connectivity index (χ1n) is 9.85. The number of carbonyl (C=O) groups is 2. The van der Waals surface area contributed by atoms with E-state index >= 15 is 0 Å². The summed E-state index contributed by atoms with van der Waals surface area (Å²) in [6.45, 7) is 2.86. The van der Waals surface area contributed by atoms with Gasteiger partial charge in [0.15, 0.2) is 0 Å². The average Bonchev–Trinajstić information content (AvgIpc) is 2.91. The van der Waals surface area contributed by atoms with Crippen molar-refractivity contribution in [1.82, 2.24) is 19.7 Å². The van der Waals surface area contributed by atoms with Gasteiger partial charge in [-0.1, -0.05) is 36.4 Å². The predicted molar refractivity (Wildman–Crippen MR) is 106 cm³/mol. The minimum atomic E-state index is -0.681. The van der Waals surface area contributed by atoms with E-state index in [1.165, 1.54) is 10.5 Å². The minimum Gasteiger partial charge on any atom is -0.312 e. The summed E-state index contributed by atoms with van der Waals surface area (Å²) in [5, 5.41) is 0. The summed E-state index contributed by atoms with van der Waals surface area (Å²) in [4.78, 5) is 35.7. The normalized spacial score (nSPS) is 19.6. The second-order valence-corrected chi connectivity index (χ2v) is 7.70. The topological polar surface area (TPSA) is 56.8 Å². The fourth-order valence-corrected chi connectivity index (χ4v) is 4.31. The Hall–Kier alpha value is -2.73. The molecule has 0 unspecified atom stereocenters. The molecule has 6 nitrogen and oxygen atoms in total. The Labute approximate surface area is 165 Å². The Morgan fingerprint density at radius 2 is 1.71 bits per heavy atom. The van der Waals surface area contributed by atoms with Crippen molar-refractivity contribution in [3.8, 4) is 0 Å². The average molecular weight is 378 g/mol. The molecule has 0 aliphatic carbocycles. The summed E-state index contributed by atoms with van der Waals surface area (Å²) in [6, 6.07) is 13.8. The van der Waals surface area contributed by atoms with Crippen molar-refractivity contribution in [3.05, 3.63) is 66.0 Å². The van der Waals surface area contributed by atoms with Crippen molar-refractivity contribution in [3.63, 3.8) is 0 Å². The Balaban J connectivity index is 1.40. The van der Waals surface area contributed by atoms with Gasteiger partial charge in [0.1, 0.15) is 5.54 Å². The lowest BCUT2D eigenvalue weighted by atomic mass is 9.86. The fraction of sp³-hybridized carbons (Fsp3) is 0.409. The maximum absolute atomic E-state index is 13.2. The second-order valence-electron chi connectivity index (χ2n) is 7.70. The number of nitrogens with zero attached hydrogens (tertiary/aromatic N) is 4. The minimum absolute atomic E-state index is 0.0306. The van der Waals surface area contributed by atoms with E-state index < -0.39 is 5.54 Å². The molecule has 6 heteroatoms. The molecule has 2 aromatic rings. The van der Waals surface area contributed by atoms with Crippen molar-refractivity contribution in [2.24, 2.45) is 0 Å². The molecule has 0 bridgehead atoms. The van der Waals surface area contributed by atoms with Gasteiger partial charge in [-0.2, -0.15) is 0 Å². The number of likely N-dealkylation sites (tertiary alicyclic amines) is 1. The zero-order valence-corrected chi connectivity index (χ0v) is 16.3. The predicted octanol–water partition coefficient (Wildman–Crippen LogP) is 2.55. The van der Waals surface area contributed by atoms with Crippen molar-refractivity contribution >= 4 is 11.9 Å². The number of imide groups is 1. The van der Waals surface area contributed by atoms with Crippen LogP contribution in [0.3, 0.4) is 0 Å². The first-order valence-corrected chi connectivity index (χ1v) is 9.85. The van der Waals surface area contributed by atoms with Crippen LogP contribution in [0.25, 0.3) is 0 Å². The Morgan fingerprint density at radius 3 is 2.39 bits per heavy atom. The zero-order valence-electron chi connectivity index (χ0n) is 16.3. The van der Waals surface area contributed by atoms with E-state index in [1.807, 2.05) is 42.6 Å². The van der Waals surface area contributed by atoms with Crippen LogP contribution >= 0.6 is 0 Å². The number of rotatable bonds is 5. The quantitative estimate of drug-likeness (QED) is 0.751. The Bertz CT molecular complexity index is 832. The van der Waals surface area contributed by atoms with Crippen LogP contribution in [0.2, 0.25) is 0 Å². The lowest BCUT2D eigenvalue weighted by molar-refractivity contribution is -0.135. The van der Waals surface area contributed by atoms with Crippen molar-refractivity contribution < 1.29 is 9.59 Å². The molecule has 2 saturated heterocycles. The van der Waals surface area contributed by atoms with E-state index in [2.05, 4.69) is 16.0 Å². The molecule has 0 N–H and O–H groups in total. The van der Waals surface area contributed by atoms with Crippen LogP contribution in [0.15, 0.2) is 54.9 Å². The molecule has 3 heterocycles. The summed E-state index contributed by atoms with van der Waals surface area (Å²) < 4.78 is 0. The van der Waals surface area contributed by atoms with Crippen molar-refractivity contribution in [2.45, 2.75) is 31.3 Å². The third-order valence-corrected chi connectivity index (χ3v) is 6.08. The number of amides is 3. The molecule has 3 amide bonds. The number of carbonyl (C=O) groups excluding carboxylic acids is 2. The van der Waals surface area contributed by atoms with Gasteiger partial charge < -0.3 is 4.90 Å². The van der Waals surface area contributed by atoms with Gasteiger partial charge in [0, 0.05) is 45.6 Å². The standard InChI is InChI=1S/C22H26N4O2/c1-24-21(28)26(13-9-18-6-3-2-4-7-18)20(27)22(24)10-14-25(15-11-22)17-19-8-5-12-23-16-19/h2-8,12,16H,9-11,13-15,17H2,1H3. The SMILES string of the molecule is CN1C(=O)N(CCc2ccccc2)C(=O)C12CCN(Cc1cccnc1)CC2. The smallest absolute Gasteiger partial charge is 0.312 e. The summed E-state index contributed by atoms with van der Waals surface area (Å²) in [5.41, 5.74) is 1.63. The highest BCUT2D eigenvalue weighted by Gasteiger charge is 2.56. The van der Waals surface area contributed by atoms with E-state index in [0.717, 1.165) is 25.2 Å². The maximum Gasteiger partial charge on any atom is 0.327 e. The molecule has 146 valence electrons. The van der Waals surface area contributed by atoms with Gasteiger partial charge >= 0.3 is 6.03 Å². The summed E-state index contributed by atoms with van der Waals surface area (Å²) in [6.07, 6.45) is 5.70. The molecule has 2 aliphatic rings. The summed E-state index contributed by atoms with van der Waals surface area (Å²) >= 11 is 0. The number of hydrogen-bond acceptors (Lipinski definition) is 4. The molecule has 0 radical (unpaired) electrons. The number of aromatic nitrogens is 1. The molecular weight excluding hydrogens is 352 g/mol. The van der Waals surface area contributed by atoms with E-state index in [0.29, 0.717) is 25.8 Å². The summed E-state index contributed by atoms with van der Waals surface area (Å²) in [5.74, 6) is -0.0306. The number of urea groups is 1. The Kier molecular flexibility index (Phi) is 5.13. The van der Waals surface area contributed by atoms with Crippen LogP contribution in [0.5, 0.6) is 0 Å². The molecule has 1 aromatic heterocycles. The van der Waals surface area contributed by atoms with E-state index in [-0.39, 0.29) is 11.9 Å². The molecule has 4 rings (SSSR count). The summed E-state index contributed by atoms with van der Waals surface area (Å²) in [7, 11) is 1.78. The third-order valence-electron chi connectivity index (χ3n) is 6.08. The highest BCUT2D eigenvalue weighted by Crippen LogP contribution is 2.36. The molecule has 0 saturated carbocycles. The molecule has 1 spiro atoms. The first-order chi connectivity index (χ1) is 13.6. The zero-order chi connectivity index (χ0) is 19.6. The fourth-order valence-electron chi connectivity index (χ4n) is 4.31. The largest absolute Gasteiger partial charge is 0.327 e. The molecule has 28 heavy (non-hydrogen) atoms. The molecular formula is C22H26N4O2. The van der Waals surface area contributed by atoms with Crippen LogP contribution < -0.4 is 0 Å². The molecule has 2 aliphatic heterocycles. The number of benzene rings is 1. The van der Waals surface area contributed by atoms with Crippen LogP contribution in [0, 0.1) is 0 Å². The first kappa shape index (κ1) is 18.6. The third kappa shape index (κ3) is 3.40. The number of piperidine rings is 1. The van der Waals surface area contributed by atoms with Gasteiger partial charge in [0.05, 0.1) is 0 Å². The maximum atomic E-state index is 13.2. The molecule has 0 atom stereocenters. The van der Waals surface area contributed by atoms with Crippen molar-refractivity contribution in [2.75, 3.05) is 26.7 Å². The monoisotopic (exact) mass is 378 g/mol. The van der Waals surface area contributed by atoms with Crippen LogP contribution in [0.1, 0.15) is 24.0 Å². The van der Waals surface area contributed by atoms with Gasteiger partial charge in [-0.3, -0.25) is 19.6 Å². The number of pyridine rings is 1. The second kappa shape index (κ2) is 7.72. The van der Waals surface area contributed by atoms with E-state index in [1.54, 1.807) is 18.1 Å². The van der Waals surface area contributed by atoms with Crippen LogP contribution in [0.4, 0.5) is 4.79 Å². The molecule has 2 fully saturated rings. The van der Waals surface area contributed by atoms with Gasteiger partial charge in [-0.15, -0.1) is 0 Å². The lowest BCUT2D eigenvalue weighted by Crippen LogP contribution is -2.55. The van der Waals surface area contributed by atoms with Crippen LogP contribution in [-0.2, 0) is 17.8 Å². The van der Waals surface area contributed by atoms with Crippen LogP contribution in [-0.4, -0.2) is 63.8 Å². The van der Waals surface area contributed by atoms with Gasteiger partial charge in [0.2, 0.25) is 0 Å². The molecule has 1 aromatic carbocycles. The highest BCUT2D eigenvalue weighted by atomic mass is 16.2. The van der Waals surface area contributed by atoms with Gasteiger partial charge in [-0.25, -0.2) is 4.79 Å². The lowest BCUT2D eigenvalue weighted by Gasteiger charge is -2.40. The van der Waals surface area contributed by atoms with Gasteiger partial charge in [0.25, 0.3) is 5.91 Å². The number of hydrogen-bond donors (Lipinski definition) is 0. The van der Waals surface area contributed by atoms with Gasteiger partial charge in [-0.05, 0) is 36.5 Å².